The van der Waals surface area contributed by atoms with Crippen molar-refractivity contribution in [2.24, 2.45) is 11.8 Å². The number of allylic oxidation sites excluding steroid dienone is 2. The summed E-state index contributed by atoms with van der Waals surface area (Å²) in [5, 5.41) is 0. The van der Waals surface area contributed by atoms with E-state index in [1.807, 2.05) is 0 Å². The van der Waals surface area contributed by atoms with Crippen LogP contribution in [0.15, 0.2) is 66.7 Å². The highest BCUT2D eigenvalue weighted by Crippen LogP contribution is 2.39. The Morgan fingerprint density at radius 3 is 1.68 bits per heavy atom. The summed E-state index contributed by atoms with van der Waals surface area (Å²) in [5.74, 6) is 3.13. The normalized spacial score (nSPS) is 27.9. The summed E-state index contributed by atoms with van der Waals surface area (Å²) in [4.78, 5) is 0. The van der Waals surface area contributed by atoms with Crippen LogP contribution >= 0.6 is 0 Å². The van der Waals surface area contributed by atoms with Crippen molar-refractivity contribution in [1.29, 1.82) is 0 Å². The van der Waals surface area contributed by atoms with Gasteiger partial charge in [-0.3, -0.25) is 0 Å². The van der Waals surface area contributed by atoms with Gasteiger partial charge in [0.1, 0.15) is 0 Å². The largest absolute Gasteiger partial charge is 0.381 e. The molecule has 2 saturated carbocycles. The van der Waals surface area contributed by atoms with Gasteiger partial charge in [-0.15, -0.1) is 0 Å². The third-order valence-corrected chi connectivity index (χ3v) is 7.85. The third-order valence-electron chi connectivity index (χ3n) is 7.85. The highest BCUT2D eigenvalue weighted by Gasteiger charge is 2.23. The molecule has 0 aliphatic heterocycles. The van der Waals surface area contributed by atoms with Gasteiger partial charge >= 0.3 is 0 Å². The predicted octanol–water partition coefficient (Wildman–Crippen LogP) is 8.07. The van der Waals surface area contributed by atoms with Crippen LogP contribution in [0.4, 0.5) is 0 Å². The van der Waals surface area contributed by atoms with E-state index in [9.17, 15) is 0 Å². The lowest BCUT2D eigenvalue weighted by molar-refractivity contribution is 0.119. The molecule has 166 valence electrons. The average Bonchev–Trinajstić information content (AvgIpc) is 2.84. The van der Waals surface area contributed by atoms with Crippen LogP contribution in [0.25, 0.3) is 0 Å². The molecule has 4 rings (SSSR count). The third kappa shape index (κ3) is 6.32. The first-order valence-corrected chi connectivity index (χ1v) is 12.6. The van der Waals surface area contributed by atoms with Crippen molar-refractivity contribution < 1.29 is 4.74 Å². The van der Waals surface area contributed by atoms with Crippen molar-refractivity contribution in [3.63, 3.8) is 0 Å². The Labute approximate surface area is 189 Å². The van der Waals surface area contributed by atoms with Crippen molar-refractivity contribution in [3.8, 4) is 0 Å². The van der Waals surface area contributed by atoms with Crippen LogP contribution in [0.2, 0.25) is 0 Å². The molecule has 0 amide bonds. The van der Waals surface area contributed by atoms with Gasteiger partial charge in [-0.1, -0.05) is 66.7 Å². The Bertz CT molecular complexity index is 790. The van der Waals surface area contributed by atoms with Crippen LogP contribution < -0.4 is 0 Å². The van der Waals surface area contributed by atoms with Crippen molar-refractivity contribution in [2.45, 2.75) is 82.7 Å². The van der Waals surface area contributed by atoms with E-state index in [1.165, 1.54) is 62.5 Å². The zero-order valence-corrected chi connectivity index (χ0v) is 19.5. The number of rotatable bonds is 7. The standard InChI is InChI=1S/C30H40O/c1-23(31-2)22-26-14-20-30(21-15-26)29-18-12-25(13-19-29)9-8-24-10-16-28(17-11-24)27-6-4-3-5-7-27/h3-9,14-15,20-21,23-25,28-29H,10-13,16-19,22H2,1-2H3/b9-8+. The van der Waals surface area contributed by atoms with Crippen LogP contribution in [-0.2, 0) is 11.2 Å². The molecule has 2 aromatic rings. The van der Waals surface area contributed by atoms with Crippen LogP contribution in [0.3, 0.4) is 0 Å². The van der Waals surface area contributed by atoms with Crippen LogP contribution in [0.1, 0.15) is 86.8 Å². The van der Waals surface area contributed by atoms with E-state index in [-0.39, 0.29) is 0 Å². The maximum absolute atomic E-state index is 5.40. The summed E-state index contributed by atoms with van der Waals surface area (Å²) in [7, 11) is 1.79. The highest BCUT2D eigenvalue weighted by atomic mass is 16.5. The molecule has 0 bridgehead atoms. The van der Waals surface area contributed by atoms with Gasteiger partial charge in [0, 0.05) is 7.11 Å². The molecular formula is C30H40O. The van der Waals surface area contributed by atoms with Crippen LogP contribution in [-0.4, -0.2) is 13.2 Å². The summed E-state index contributed by atoms with van der Waals surface area (Å²) < 4.78 is 5.40. The van der Waals surface area contributed by atoms with Gasteiger partial charge in [0.15, 0.2) is 0 Å². The lowest BCUT2D eigenvalue weighted by Crippen LogP contribution is -2.14. The fourth-order valence-electron chi connectivity index (χ4n) is 5.67. The Morgan fingerprint density at radius 1 is 0.710 bits per heavy atom. The lowest BCUT2D eigenvalue weighted by Gasteiger charge is -2.29. The topological polar surface area (TPSA) is 9.23 Å². The summed E-state index contributed by atoms with van der Waals surface area (Å²) >= 11 is 0. The number of hydrogen-bond donors (Lipinski definition) is 0. The average molecular weight is 417 g/mol. The number of methoxy groups -OCH3 is 1. The monoisotopic (exact) mass is 416 g/mol. The Hall–Kier alpha value is -1.86. The van der Waals surface area contributed by atoms with Crippen molar-refractivity contribution >= 4 is 0 Å². The first kappa shape index (κ1) is 22.3. The van der Waals surface area contributed by atoms with Crippen LogP contribution in [0.5, 0.6) is 0 Å². The molecule has 0 radical (unpaired) electrons. The van der Waals surface area contributed by atoms with Gasteiger partial charge in [0.2, 0.25) is 0 Å². The summed E-state index contributed by atoms with van der Waals surface area (Å²) in [6.45, 7) is 2.14. The molecule has 0 saturated heterocycles. The zero-order chi connectivity index (χ0) is 21.5. The fraction of sp³-hybridized carbons (Fsp3) is 0.533. The van der Waals surface area contributed by atoms with Crippen molar-refractivity contribution in [3.05, 3.63) is 83.4 Å². The number of hydrogen-bond acceptors (Lipinski definition) is 1. The smallest absolute Gasteiger partial charge is 0.0583 e. The molecule has 0 N–H and O–H groups in total. The molecular weight excluding hydrogens is 376 g/mol. The van der Waals surface area contributed by atoms with E-state index in [0.29, 0.717) is 6.10 Å². The van der Waals surface area contributed by atoms with Gasteiger partial charge in [0.25, 0.3) is 0 Å². The molecule has 1 unspecified atom stereocenters. The summed E-state index contributed by atoms with van der Waals surface area (Å²) in [6.07, 6.45) is 17.3. The molecule has 2 aromatic carbocycles. The lowest BCUT2D eigenvalue weighted by atomic mass is 9.76. The minimum absolute atomic E-state index is 0.293. The maximum Gasteiger partial charge on any atom is 0.0583 e. The Kier molecular flexibility index (Phi) is 8.03. The molecule has 0 aromatic heterocycles. The van der Waals surface area contributed by atoms with Crippen LogP contribution in [0, 0.1) is 11.8 Å². The molecule has 31 heavy (non-hydrogen) atoms. The number of benzene rings is 2. The minimum Gasteiger partial charge on any atom is -0.381 e. The van der Waals surface area contributed by atoms with Gasteiger partial charge in [-0.2, -0.15) is 0 Å². The van der Waals surface area contributed by atoms with Crippen molar-refractivity contribution in [2.75, 3.05) is 7.11 Å². The molecule has 0 heterocycles. The zero-order valence-electron chi connectivity index (χ0n) is 19.5. The van der Waals surface area contributed by atoms with E-state index in [1.54, 1.807) is 12.7 Å². The second kappa shape index (κ2) is 11.1. The van der Waals surface area contributed by atoms with Gasteiger partial charge in [-0.05, 0) is 105 Å². The van der Waals surface area contributed by atoms with E-state index in [2.05, 4.69) is 73.7 Å². The molecule has 1 nitrogen and oxygen atoms in total. The molecule has 0 spiro atoms. The van der Waals surface area contributed by atoms with Gasteiger partial charge < -0.3 is 4.74 Å². The number of ether oxygens (including phenoxy) is 1. The van der Waals surface area contributed by atoms with E-state index in [4.69, 9.17) is 4.74 Å². The fourth-order valence-corrected chi connectivity index (χ4v) is 5.67. The van der Waals surface area contributed by atoms with E-state index < -0.39 is 0 Å². The van der Waals surface area contributed by atoms with Gasteiger partial charge in [0.05, 0.1) is 6.10 Å². The highest BCUT2D eigenvalue weighted by molar-refractivity contribution is 5.26. The molecule has 2 aliphatic rings. The minimum atomic E-state index is 0.293. The SMILES string of the molecule is COC(C)Cc1ccc(C2CCC(/C=C/C3CCC(c4ccccc4)CC3)CC2)cc1. The maximum atomic E-state index is 5.40. The molecule has 2 fully saturated rings. The first-order chi connectivity index (χ1) is 15.2. The molecule has 2 aliphatic carbocycles. The van der Waals surface area contributed by atoms with Gasteiger partial charge in [-0.25, -0.2) is 0 Å². The molecule has 1 heteroatoms. The molecule has 1 atom stereocenters. The first-order valence-electron chi connectivity index (χ1n) is 12.6. The van der Waals surface area contributed by atoms with Crippen molar-refractivity contribution in [1.82, 2.24) is 0 Å². The van der Waals surface area contributed by atoms with E-state index in [0.717, 1.165) is 30.1 Å². The second-order valence-corrected chi connectivity index (χ2v) is 10.0. The Balaban J connectivity index is 1.20. The summed E-state index contributed by atoms with van der Waals surface area (Å²) in [6, 6.07) is 20.5. The van der Waals surface area contributed by atoms with E-state index >= 15 is 0 Å². The quantitative estimate of drug-likeness (QED) is 0.415. The second-order valence-electron chi connectivity index (χ2n) is 10.0. The Morgan fingerprint density at radius 2 is 1.19 bits per heavy atom. The predicted molar refractivity (Wildman–Crippen MR) is 132 cm³/mol. The summed E-state index contributed by atoms with van der Waals surface area (Å²) in [5.41, 5.74) is 4.47.